The van der Waals surface area contributed by atoms with Gasteiger partial charge in [0.25, 0.3) is 0 Å². The molecule has 25 heavy (non-hydrogen) atoms. The summed E-state index contributed by atoms with van der Waals surface area (Å²) >= 11 is 0. The maximum atomic E-state index is 13.2. The van der Waals surface area contributed by atoms with Gasteiger partial charge in [-0.25, -0.2) is 8.78 Å². The minimum absolute atomic E-state index is 0.0477. The number of amides is 2. The van der Waals surface area contributed by atoms with Gasteiger partial charge in [-0.2, -0.15) is 0 Å². The molecule has 1 heterocycles. The van der Waals surface area contributed by atoms with E-state index in [1.54, 1.807) is 12.1 Å². The van der Waals surface area contributed by atoms with E-state index in [1.807, 2.05) is 0 Å². The van der Waals surface area contributed by atoms with Crippen molar-refractivity contribution in [3.05, 3.63) is 71.3 Å². The Bertz CT molecular complexity index is 792. The van der Waals surface area contributed by atoms with Gasteiger partial charge in [-0.3, -0.25) is 14.5 Å². The number of aliphatic hydroxyl groups excluding tert-OH is 1. The second kappa shape index (κ2) is 7.11. The number of aliphatic hydroxyl groups is 1. The third-order valence-electron chi connectivity index (χ3n) is 4.32. The Morgan fingerprint density at radius 3 is 2.48 bits per heavy atom. The second-order valence-corrected chi connectivity index (χ2v) is 6.15. The van der Waals surface area contributed by atoms with Crippen molar-refractivity contribution in [1.29, 1.82) is 0 Å². The molecule has 0 aromatic heterocycles. The highest BCUT2D eigenvalue weighted by Gasteiger charge is 2.39. The van der Waals surface area contributed by atoms with E-state index < -0.39 is 17.8 Å². The standard InChI is InChI=1S/C19H17F2NO3/c20-15-6-4-12(5-7-15)8-14-10-18(24)22(19(14)25)11-17(23)13-2-1-3-16(21)9-13/h1-7,9,14,17,23H,8,10-11H2. The number of β-amino-alcohol motifs (C(OH)–C–C–N with tert-alkyl or cyclic N) is 1. The van der Waals surface area contributed by atoms with Gasteiger partial charge in [0.1, 0.15) is 11.6 Å². The fourth-order valence-electron chi connectivity index (χ4n) is 3.00. The molecule has 0 radical (unpaired) electrons. The predicted molar refractivity (Wildman–Crippen MR) is 86.3 cm³/mol. The Labute approximate surface area is 143 Å². The quantitative estimate of drug-likeness (QED) is 0.848. The lowest BCUT2D eigenvalue weighted by Crippen LogP contribution is -2.34. The maximum Gasteiger partial charge on any atom is 0.233 e. The van der Waals surface area contributed by atoms with Crippen LogP contribution in [0.4, 0.5) is 8.78 Å². The van der Waals surface area contributed by atoms with E-state index in [2.05, 4.69) is 0 Å². The van der Waals surface area contributed by atoms with Crippen molar-refractivity contribution < 1.29 is 23.5 Å². The molecular formula is C19H17F2NO3. The average molecular weight is 345 g/mol. The molecule has 2 unspecified atom stereocenters. The number of likely N-dealkylation sites (tertiary alicyclic amines) is 1. The summed E-state index contributed by atoms with van der Waals surface area (Å²) in [5, 5.41) is 10.2. The van der Waals surface area contributed by atoms with Crippen LogP contribution >= 0.6 is 0 Å². The average Bonchev–Trinajstić information content (AvgIpc) is 2.84. The molecule has 3 rings (SSSR count). The van der Waals surface area contributed by atoms with E-state index in [0.717, 1.165) is 10.5 Å². The van der Waals surface area contributed by atoms with Gasteiger partial charge in [0.05, 0.1) is 18.6 Å². The molecule has 4 nitrogen and oxygen atoms in total. The van der Waals surface area contributed by atoms with Crippen molar-refractivity contribution in [3.63, 3.8) is 0 Å². The van der Waals surface area contributed by atoms with E-state index >= 15 is 0 Å². The van der Waals surface area contributed by atoms with Crippen LogP contribution < -0.4 is 0 Å². The first-order chi connectivity index (χ1) is 11.9. The normalized spacial score (nSPS) is 18.7. The number of carbonyl (C=O) groups is 2. The summed E-state index contributed by atoms with van der Waals surface area (Å²) in [6.45, 7) is -0.207. The highest BCUT2D eigenvalue weighted by molar-refractivity contribution is 6.03. The summed E-state index contributed by atoms with van der Waals surface area (Å²) in [4.78, 5) is 25.6. The Hall–Kier alpha value is -2.60. The minimum atomic E-state index is -1.15. The van der Waals surface area contributed by atoms with Crippen LogP contribution in [0.1, 0.15) is 23.7 Å². The van der Waals surface area contributed by atoms with Gasteiger partial charge in [-0.1, -0.05) is 24.3 Å². The van der Waals surface area contributed by atoms with Gasteiger partial charge in [-0.15, -0.1) is 0 Å². The van der Waals surface area contributed by atoms with Gasteiger partial charge in [0.15, 0.2) is 0 Å². The molecule has 130 valence electrons. The van der Waals surface area contributed by atoms with Crippen LogP contribution in [0.3, 0.4) is 0 Å². The van der Waals surface area contributed by atoms with Crippen LogP contribution in [0, 0.1) is 17.6 Å². The van der Waals surface area contributed by atoms with Crippen molar-refractivity contribution in [2.75, 3.05) is 6.54 Å². The van der Waals surface area contributed by atoms with Crippen LogP contribution in [-0.4, -0.2) is 28.4 Å². The smallest absolute Gasteiger partial charge is 0.233 e. The zero-order chi connectivity index (χ0) is 18.0. The zero-order valence-corrected chi connectivity index (χ0v) is 13.4. The number of carbonyl (C=O) groups excluding carboxylic acids is 2. The van der Waals surface area contributed by atoms with E-state index in [-0.39, 0.29) is 30.6 Å². The number of benzene rings is 2. The summed E-state index contributed by atoms with van der Waals surface area (Å²) in [7, 11) is 0. The number of imide groups is 1. The van der Waals surface area contributed by atoms with Crippen LogP contribution in [0.15, 0.2) is 48.5 Å². The molecular weight excluding hydrogens is 328 g/mol. The van der Waals surface area contributed by atoms with E-state index in [4.69, 9.17) is 0 Å². The molecule has 0 bridgehead atoms. The Morgan fingerprint density at radius 1 is 1.08 bits per heavy atom. The molecule has 1 aliphatic heterocycles. The summed E-state index contributed by atoms with van der Waals surface area (Å²) in [6.07, 6.45) is -0.767. The molecule has 0 aliphatic carbocycles. The lowest BCUT2D eigenvalue weighted by Gasteiger charge is -2.19. The molecule has 0 saturated carbocycles. The molecule has 1 saturated heterocycles. The van der Waals surface area contributed by atoms with E-state index in [9.17, 15) is 23.5 Å². The van der Waals surface area contributed by atoms with Crippen LogP contribution in [0.2, 0.25) is 0 Å². The first-order valence-electron chi connectivity index (χ1n) is 7.96. The van der Waals surface area contributed by atoms with E-state index in [0.29, 0.717) is 12.0 Å². The molecule has 2 aromatic rings. The Kier molecular flexibility index (Phi) is 4.90. The predicted octanol–water partition coefficient (Wildman–Crippen LogP) is 2.62. The molecule has 0 spiro atoms. The van der Waals surface area contributed by atoms with Crippen LogP contribution in [-0.2, 0) is 16.0 Å². The van der Waals surface area contributed by atoms with Crippen molar-refractivity contribution in [2.24, 2.45) is 5.92 Å². The van der Waals surface area contributed by atoms with Gasteiger partial charge in [0, 0.05) is 6.42 Å². The van der Waals surface area contributed by atoms with Crippen molar-refractivity contribution >= 4 is 11.8 Å². The highest BCUT2D eigenvalue weighted by atomic mass is 19.1. The molecule has 1 N–H and O–H groups in total. The summed E-state index contributed by atoms with van der Waals surface area (Å²) in [5.41, 5.74) is 1.07. The summed E-state index contributed by atoms with van der Waals surface area (Å²) < 4.78 is 26.2. The largest absolute Gasteiger partial charge is 0.387 e. The van der Waals surface area contributed by atoms with Crippen molar-refractivity contribution in [2.45, 2.75) is 18.9 Å². The monoisotopic (exact) mass is 345 g/mol. The Morgan fingerprint density at radius 2 is 1.80 bits per heavy atom. The SMILES string of the molecule is O=C1CC(Cc2ccc(F)cc2)C(=O)N1CC(O)c1cccc(F)c1. The van der Waals surface area contributed by atoms with Gasteiger partial charge < -0.3 is 5.11 Å². The minimum Gasteiger partial charge on any atom is -0.387 e. The van der Waals surface area contributed by atoms with Crippen molar-refractivity contribution in [3.8, 4) is 0 Å². The first-order valence-corrected chi connectivity index (χ1v) is 7.96. The lowest BCUT2D eigenvalue weighted by atomic mass is 9.98. The summed E-state index contributed by atoms with van der Waals surface area (Å²) in [6, 6.07) is 11.2. The molecule has 2 amide bonds. The number of halogens is 2. The molecule has 1 fully saturated rings. The fraction of sp³-hybridized carbons (Fsp3) is 0.263. The number of rotatable bonds is 5. The van der Waals surface area contributed by atoms with Crippen LogP contribution in [0.25, 0.3) is 0 Å². The molecule has 6 heteroatoms. The fourth-order valence-corrected chi connectivity index (χ4v) is 3.00. The van der Waals surface area contributed by atoms with Gasteiger partial charge in [0.2, 0.25) is 11.8 Å². The third kappa shape index (κ3) is 3.91. The molecule has 2 aromatic carbocycles. The number of nitrogens with zero attached hydrogens (tertiary/aromatic N) is 1. The Balaban J connectivity index is 1.67. The second-order valence-electron chi connectivity index (χ2n) is 6.15. The van der Waals surface area contributed by atoms with E-state index in [1.165, 1.54) is 36.4 Å². The van der Waals surface area contributed by atoms with Gasteiger partial charge >= 0.3 is 0 Å². The molecule has 1 aliphatic rings. The van der Waals surface area contributed by atoms with Crippen LogP contribution in [0.5, 0.6) is 0 Å². The first kappa shape index (κ1) is 17.2. The topological polar surface area (TPSA) is 57.6 Å². The lowest BCUT2D eigenvalue weighted by molar-refractivity contribution is -0.141. The highest BCUT2D eigenvalue weighted by Crippen LogP contribution is 2.26. The third-order valence-corrected chi connectivity index (χ3v) is 4.32. The number of hydrogen-bond donors (Lipinski definition) is 1. The molecule has 2 atom stereocenters. The maximum absolute atomic E-state index is 13.2. The summed E-state index contributed by atoms with van der Waals surface area (Å²) in [5.74, 6) is -2.13. The zero-order valence-electron chi connectivity index (χ0n) is 13.4. The van der Waals surface area contributed by atoms with Crippen molar-refractivity contribution in [1.82, 2.24) is 4.90 Å². The number of hydrogen-bond acceptors (Lipinski definition) is 3. The van der Waals surface area contributed by atoms with Gasteiger partial charge in [-0.05, 0) is 41.8 Å².